The second-order valence-electron chi connectivity index (χ2n) is 7.12. The zero-order valence-corrected chi connectivity index (χ0v) is 13.3. The summed E-state index contributed by atoms with van der Waals surface area (Å²) in [6, 6.07) is 9.44. The van der Waals surface area contributed by atoms with Crippen molar-refractivity contribution in [3.63, 3.8) is 0 Å². The molecule has 0 radical (unpaired) electrons. The van der Waals surface area contributed by atoms with Crippen LogP contribution in [0.1, 0.15) is 32.8 Å². The summed E-state index contributed by atoms with van der Waals surface area (Å²) in [6.07, 6.45) is 0.921. The van der Waals surface area contributed by atoms with Crippen LogP contribution >= 0.6 is 0 Å². The molecule has 1 aromatic rings. The summed E-state index contributed by atoms with van der Waals surface area (Å²) in [5.41, 5.74) is 2.79. The predicted octanol–water partition coefficient (Wildman–Crippen LogP) is 3.01. The summed E-state index contributed by atoms with van der Waals surface area (Å²) in [6.45, 7) is 8.49. The van der Waals surface area contributed by atoms with Crippen LogP contribution in [0.2, 0.25) is 0 Å². The molecule has 0 aliphatic carbocycles. The minimum Gasteiger partial charge on any atom is -0.453 e. The van der Waals surface area contributed by atoms with Crippen molar-refractivity contribution in [2.45, 2.75) is 44.7 Å². The van der Waals surface area contributed by atoms with Crippen LogP contribution in [0, 0.1) is 0 Å². The summed E-state index contributed by atoms with van der Waals surface area (Å²) >= 11 is 0. The molecule has 0 spiro atoms. The predicted molar refractivity (Wildman–Crippen MR) is 83.8 cm³/mol. The minimum absolute atomic E-state index is 0.181. The summed E-state index contributed by atoms with van der Waals surface area (Å²) in [7, 11) is 1.46. The van der Waals surface area contributed by atoms with Gasteiger partial charge in [-0.05, 0) is 29.5 Å². The number of hydrogen-bond donors (Lipinski definition) is 0. The number of piperazine rings is 1. The smallest absolute Gasteiger partial charge is 0.410 e. The van der Waals surface area contributed by atoms with Gasteiger partial charge in [0.25, 0.3) is 0 Å². The Morgan fingerprint density at radius 1 is 1.14 bits per heavy atom. The van der Waals surface area contributed by atoms with Gasteiger partial charge in [0.1, 0.15) is 0 Å². The van der Waals surface area contributed by atoms with Crippen molar-refractivity contribution in [2.24, 2.45) is 0 Å². The van der Waals surface area contributed by atoms with Gasteiger partial charge in [0, 0.05) is 18.8 Å². The first-order chi connectivity index (χ1) is 9.90. The number of ether oxygens (including phenoxy) is 1. The lowest BCUT2D eigenvalue weighted by atomic mass is 9.86. The molecule has 0 aromatic heterocycles. The van der Waals surface area contributed by atoms with Crippen LogP contribution in [-0.4, -0.2) is 43.3 Å². The molecule has 3 aliphatic rings. The van der Waals surface area contributed by atoms with Crippen LogP contribution in [-0.2, 0) is 10.2 Å². The lowest BCUT2D eigenvalue weighted by Gasteiger charge is -2.55. The van der Waals surface area contributed by atoms with E-state index in [1.54, 1.807) is 0 Å². The lowest BCUT2D eigenvalue weighted by Crippen LogP contribution is -2.70. The summed E-state index contributed by atoms with van der Waals surface area (Å²) in [5.74, 6) is 0. The Labute approximate surface area is 126 Å². The molecule has 21 heavy (non-hydrogen) atoms. The van der Waals surface area contributed by atoms with Gasteiger partial charge in [-0.3, -0.25) is 4.90 Å². The summed E-state index contributed by atoms with van der Waals surface area (Å²) < 4.78 is 4.85. The molecule has 2 atom stereocenters. The third-order valence-electron chi connectivity index (χ3n) is 4.68. The maximum atomic E-state index is 11.7. The molecular weight excluding hydrogens is 264 g/mol. The van der Waals surface area contributed by atoms with Crippen molar-refractivity contribution in [1.29, 1.82) is 0 Å². The van der Waals surface area contributed by atoms with E-state index in [4.69, 9.17) is 4.74 Å². The van der Waals surface area contributed by atoms with Crippen LogP contribution in [0.3, 0.4) is 0 Å². The first-order valence-corrected chi connectivity index (χ1v) is 7.62. The zero-order valence-electron chi connectivity index (χ0n) is 13.3. The Bertz CT molecular complexity index is 521. The van der Waals surface area contributed by atoms with Crippen molar-refractivity contribution in [2.75, 3.05) is 25.1 Å². The molecule has 3 heterocycles. The number of rotatable bonds is 1. The minimum atomic E-state index is -0.181. The number of nitrogens with zero attached hydrogens (tertiary/aromatic N) is 2. The van der Waals surface area contributed by atoms with E-state index in [0.717, 1.165) is 19.5 Å². The van der Waals surface area contributed by atoms with Gasteiger partial charge in [-0.25, -0.2) is 4.79 Å². The number of carbonyl (C=O) groups is 1. The van der Waals surface area contributed by atoms with E-state index >= 15 is 0 Å². The highest BCUT2D eigenvalue weighted by molar-refractivity contribution is 5.70. The second-order valence-corrected chi connectivity index (χ2v) is 7.12. The number of piperidine rings is 1. The largest absolute Gasteiger partial charge is 0.453 e. The Hall–Kier alpha value is -1.71. The van der Waals surface area contributed by atoms with Crippen LogP contribution < -0.4 is 4.90 Å². The van der Waals surface area contributed by atoms with E-state index in [2.05, 4.69) is 49.9 Å². The van der Waals surface area contributed by atoms with Crippen LogP contribution in [0.15, 0.2) is 24.3 Å². The van der Waals surface area contributed by atoms with Gasteiger partial charge in [0.05, 0.1) is 19.2 Å². The number of fused-ring (bicyclic) bond motifs is 2. The highest BCUT2D eigenvalue weighted by Gasteiger charge is 2.47. The van der Waals surface area contributed by atoms with Gasteiger partial charge in [-0.1, -0.05) is 32.9 Å². The van der Waals surface area contributed by atoms with Gasteiger partial charge < -0.3 is 9.64 Å². The second kappa shape index (κ2) is 4.93. The van der Waals surface area contributed by atoms with E-state index in [9.17, 15) is 4.79 Å². The quantitative estimate of drug-likeness (QED) is 0.796. The SMILES string of the molecule is COC(=O)N1C2CC1CN(c1ccc(C(C)(C)C)cc1)C2. The average molecular weight is 288 g/mol. The third kappa shape index (κ3) is 2.47. The topological polar surface area (TPSA) is 32.8 Å². The van der Waals surface area contributed by atoms with Gasteiger partial charge in [-0.2, -0.15) is 0 Å². The Balaban J connectivity index is 1.69. The van der Waals surface area contributed by atoms with Crippen LogP contribution in [0.5, 0.6) is 0 Å². The molecular formula is C17H24N2O2. The third-order valence-corrected chi connectivity index (χ3v) is 4.68. The van der Waals surface area contributed by atoms with Gasteiger partial charge in [0.2, 0.25) is 0 Å². The number of anilines is 1. The normalized spacial score (nSPS) is 24.6. The van der Waals surface area contributed by atoms with Gasteiger partial charge in [-0.15, -0.1) is 0 Å². The average Bonchev–Trinajstić information content (AvgIpc) is 2.46. The van der Waals surface area contributed by atoms with E-state index < -0.39 is 0 Å². The van der Waals surface area contributed by atoms with E-state index in [1.807, 2.05) is 4.90 Å². The summed E-state index contributed by atoms with van der Waals surface area (Å²) in [4.78, 5) is 16.0. The first kappa shape index (κ1) is 14.2. The molecule has 1 amide bonds. The monoisotopic (exact) mass is 288 g/mol. The standard InChI is InChI=1S/C17H24N2O2/c1-17(2,3)12-5-7-13(8-6-12)18-10-14-9-15(11-18)19(14)16(20)21-4/h5-8,14-15H,9-11H2,1-4H3. The van der Waals surface area contributed by atoms with Gasteiger partial charge in [0.15, 0.2) is 0 Å². The van der Waals surface area contributed by atoms with Crippen LogP contribution in [0.4, 0.5) is 10.5 Å². The van der Waals surface area contributed by atoms with Crippen molar-refractivity contribution in [3.8, 4) is 0 Å². The molecule has 2 unspecified atom stereocenters. The first-order valence-electron chi connectivity index (χ1n) is 7.62. The maximum absolute atomic E-state index is 11.7. The summed E-state index contributed by atoms with van der Waals surface area (Å²) in [5, 5.41) is 0. The fourth-order valence-electron chi connectivity index (χ4n) is 3.40. The number of carbonyl (C=O) groups excluding carboxylic acids is 1. The lowest BCUT2D eigenvalue weighted by molar-refractivity contribution is 0.00317. The van der Waals surface area contributed by atoms with Gasteiger partial charge >= 0.3 is 6.09 Å². The Morgan fingerprint density at radius 2 is 1.71 bits per heavy atom. The van der Waals surface area contributed by atoms with Crippen molar-refractivity contribution < 1.29 is 9.53 Å². The number of benzene rings is 1. The van der Waals surface area contributed by atoms with E-state index in [-0.39, 0.29) is 11.5 Å². The molecule has 3 saturated heterocycles. The molecule has 0 N–H and O–H groups in total. The van der Waals surface area contributed by atoms with E-state index in [1.165, 1.54) is 18.4 Å². The molecule has 4 rings (SSSR count). The fourth-order valence-corrected chi connectivity index (χ4v) is 3.40. The fraction of sp³-hybridized carbons (Fsp3) is 0.588. The Morgan fingerprint density at radius 3 is 2.19 bits per heavy atom. The number of methoxy groups -OCH3 is 1. The van der Waals surface area contributed by atoms with E-state index in [0.29, 0.717) is 12.1 Å². The molecule has 0 saturated carbocycles. The molecule has 4 nitrogen and oxygen atoms in total. The molecule has 114 valence electrons. The Kier molecular flexibility index (Phi) is 3.34. The molecule has 1 aromatic carbocycles. The highest BCUT2D eigenvalue weighted by Crippen LogP contribution is 2.35. The molecule has 3 fully saturated rings. The van der Waals surface area contributed by atoms with Crippen molar-refractivity contribution in [1.82, 2.24) is 4.90 Å². The maximum Gasteiger partial charge on any atom is 0.410 e. The number of hydrogen-bond acceptors (Lipinski definition) is 3. The highest BCUT2D eigenvalue weighted by atomic mass is 16.5. The molecule has 3 aliphatic heterocycles. The van der Waals surface area contributed by atoms with Crippen molar-refractivity contribution in [3.05, 3.63) is 29.8 Å². The molecule has 2 bridgehead atoms. The molecule has 4 heteroatoms. The van der Waals surface area contributed by atoms with Crippen LogP contribution in [0.25, 0.3) is 0 Å². The zero-order chi connectivity index (χ0) is 15.2. The number of amides is 1. The van der Waals surface area contributed by atoms with Crippen molar-refractivity contribution >= 4 is 11.8 Å².